The molecule has 1 atom stereocenters. The Bertz CT molecular complexity index is 1050. The van der Waals surface area contributed by atoms with Gasteiger partial charge in [0.2, 0.25) is 10.0 Å². The molecule has 0 bridgehead atoms. The molecule has 8 nitrogen and oxygen atoms in total. The van der Waals surface area contributed by atoms with Crippen LogP contribution in [0.1, 0.15) is 47.8 Å². The van der Waals surface area contributed by atoms with Crippen molar-refractivity contribution in [3.8, 4) is 5.69 Å². The standard InChI is InChI=1S/C20H28N4O4S/c1-14-7-4-5-11-23(14)29(27,28)12-10-21-19(25)17-8-6-9-18(13-17)24-20(26)15(2)16(3)22-24/h6,8-9,13-14,22H,4-5,7,10-12H2,1-3H3,(H,21,25)/t14-/m1/s1. The predicted octanol–water partition coefficient (Wildman–Crippen LogP) is 1.72. The van der Waals surface area contributed by atoms with E-state index in [0.29, 0.717) is 23.4 Å². The van der Waals surface area contributed by atoms with Gasteiger partial charge in [-0.1, -0.05) is 12.5 Å². The van der Waals surface area contributed by atoms with Crippen molar-refractivity contribution in [1.82, 2.24) is 19.4 Å². The Kier molecular flexibility index (Phi) is 6.28. The van der Waals surface area contributed by atoms with E-state index >= 15 is 0 Å². The van der Waals surface area contributed by atoms with Crippen molar-refractivity contribution >= 4 is 15.9 Å². The summed E-state index contributed by atoms with van der Waals surface area (Å²) in [4.78, 5) is 24.8. The lowest BCUT2D eigenvalue weighted by atomic mass is 10.1. The second-order valence-corrected chi connectivity index (χ2v) is 9.62. The highest BCUT2D eigenvalue weighted by Crippen LogP contribution is 2.20. The van der Waals surface area contributed by atoms with Crippen LogP contribution in [0.25, 0.3) is 5.69 Å². The van der Waals surface area contributed by atoms with Crippen molar-refractivity contribution in [2.24, 2.45) is 0 Å². The van der Waals surface area contributed by atoms with Gasteiger partial charge >= 0.3 is 0 Å². The number of benzene rings is 1. The van der Waals surface area contributed by atoms with Gasteiger partial charge in [0.15, 0.2) is 0 Å². The largest absolute Gasteiger partial charge is 0.351 e. The molecule has 1 aromatic carbocycles. The number of carbonyl (C=O) groups is 1. The molecule has 3 rings (SSSR count). The normalized spacial score (nSPS) is 18.0. The lowest BCUT2D eigenvalue weighted by Crippen LogP contribution is -2.45. The Labute approximate surface area is 170 Å². The van der Waals surface area contributed by atoms with Gasteiger partial charge in [0.05, 0.1) is 11.4 Å². The maximum Gasteiger partial charge on any atom is 0.274 e. The molecule has 29 heavy (non-hydrogen) atoms. The van der Waals surface area contributed by atoms with Crippen molar-refractivity contribution in [3.63, 3.8) is 0 Å². The molecule has 2 aromatic rings. The van der Waals surface area contributed by atoms with Crippen molar-refractivity contribution in [2.75, 3.05) is 18.8 Å². The van der Waals surface area contributed by atoms with Gasteiger partial charge in [0.25, 0.3) is 11.5 Å². The summed E-state index contributed by atoms with van der Waals surface area (Å²) >= 11 is 0. The number of piperidine rings is 1. The van der Waals surface area contributed by atoms with E-state index < -0.39 is 10.0 Å². The minimum absolute atomic E-state index is 0.00662. The average molecular weight is 421 g/mol. The Morgan fingerprint density at radius 2 is 2.03 bits per heavy atom. The van der Waals surface area contributed by atoms with Gasteiger partial charge in [-0.2, -0.15) is 4.31 Å². The lowest BCUT2D eigenvalue weighted by molar-refractivity contribution is 0.0956. The molecular weight excluding hydrogens is 392 g/mol. The number of hydrogen-bond donors (Lipinski definition) is 2. The summed E-state index contributed by atoms with van der Waals surface area (Å²) in [6, 6.07) is 6.66. The second-order valence-electron chi connectivity index (χ2n) is 7.58. The summed E-state index contributed by atoms with van der Waals surface area (Å²) in [5.41, 5.74) is 2.14. The molecule has 158 valence electrons. The molecule has 1 amide bonds. The van der Waals surface area contributed by atoms with Crippen LogP contribution in [0.15, 0.2) is 29.1 Å². The highest BCUT2D eigenvalue weighted by atomic mass is 32.2. The highest BCUT2D eigenvalue weighted by molar-refractivity contribution is 7.89. The molecule has 1 saturated heterocycles. The Morgan fingerprint density at radius 1 is 1.28 bits per heavy atom. The number of nitrogens with one attached hydrogen (secondary N) is 2. The van der Waals surface area contributed by atoms with Gasteiger partial charge in [-0.15, -0.1) is 0 Å². The SMILES string of the molecule is Cc1[nH]n(-c2cccc(C(=O)NCCS(=O)(=O)N3CCCC[C@H]3C)c2)c(=O)c1C. The molecule has 1 fully saturated rings. The first-order chi connectivity index (χ1) is 13.7. The number of aromatic amines is 1. The van der Waals surface area contributed by atoms with Gasteiger partial charge in [0, 0.05) is 36.0 Å². The Balaban J connectivity index is 1.65. The predicted molar refractivity (Wildman–Crippen MR) is 112 cm³/mol. The summed E-state index contributed by atoms with van der Waals surface area (Å²) in [6.07, 6.45) is 2.79. The molecule has 0 unspecified atom stereocenters. The first-order valence-electron chi connectivity index (χ1n) is 9.87. The van der Waals surface area contributed by atoms with Crippen LogP contribution < -0.4 is 10.9 Å². The van der Waals surface area contributed by atoms with Crippen LogP contribution in [0.3, 0.4) is 0 Å². The van der Waals surface area contributed by atoms with Crippen LogP contribution in [0, 0.1) is 13.8 Å². The highest BCUT2D eigenvalue weighted by Gasteiger charge is 2.29. The van der Waals surface area contributed by atoms with Crippen LogP contribution in [-0.2, 0) is 10.0 Å². The molecule has 9 heteroatoms. The van der Waals surface area contributed by atoms with E-state index in [1.807, 2.05) is 13.8 Å². The summed E-state index contributed by atoms with van der Waals surface area (Å²) < 4.78 is 28.1. The molecule has 0 saturated carbocycles. The smallest absolute Gasteiger partial charge is 0.274 e. The van der Waals surface area contributed by atoms with Gasteiger partial charge in [-0.3, -0.25) is 14.7 Å². The van der Waals surface area contributed by atoms with Gasteiger partial charge < -0.3 is 5.32 Å². The minimum Gasteiger partial charge on any atom is -0.351 e. The monoisotopic (exact) mass is 420 g/mol. The van der Waals surface area contributed by atoms with Crippen LogP contribution in [0.5, 0.6) is 0 Å². The fourth-order valence-electron chi connectivity index (χ4n) is 3.60. The zero-order chi connectivity index (χ0) is 21.2. The minimum atomic E-state index is -3.40. The number of nitrogens with zero attached hydrogens (tertiary/aromatic N) is 2. The number of sulfonamides is 1. The summed E-state index contributed by atoms with van der Waals surface area (Å²) in [7, 11) is -3.40. The number of aryl methyl sites for hydroxylation is 1. The van der Waals surface area contributed by atoms with E-state index in [0.717, 1.165) is 25.0 Å². The van der Waals surface area contributed by atoms with E-state index in [-0.39, 0.29) is 29.8 Å². The number of hydrogen-bond acceptors (Lipinski definition) is 4. The van der Waals surface area contributed by atoms with Crippen LogP contribution in [-0.4, -0.2) is 53.3 Å². The number of H-pyrrole nitrogens is 1. The maximum atomic E-state index is 12.6. The zero-order valence-corrected chi connectivity index (χ0v) is 17.9. The fourth-order valence-corrected chi connectivity index (χ4v) is 5.25. The third-order valence-corrected chi connectivity index (χ3v) is 7.45. The number of rotatable bonds is 6. The van der Waals surface area contributed by atoms with E-state index in [1.54, 1.807) is 35.5 Å². The summed E-state index contributed by atoms with van der Waals surface area (Å²) in [6.45, 7) is 6.06. The Hall–Kier alpha value is -2.39. The van der Waals surface area contributed by atoms with Crippen molar-refractivity contribution in [3.05, 3.63) is 51.4 Å². The number of aromatic nitrogens is 2. The molecule has 2 heterocycles. The van der Waals surface area contributed by atoms with Gasteiger partial charge in [-0.05, 0) is 51.8 Å². The van der Waals surface area contributed by atoms with Gasteiger partial charge in [0.1, 0.15) is 0 Å². The van der Waals surface area contributed by atoms with Crippen molar-refractivity contribution < 1.29 is 13.2 Å². The molecule has 1 aliphatic rings. The van der Waals surface area contributed by atoms with Crippen molar-refractivity contribution in [1.29, 1.82) is 0 Å². The molecule has 0 radical (unpaired) electrons. The lowest BCUT2D eigenvalue weighted by Gasteiger charge is -2.32. The Morgan fingerprint density at radius 3 is 2.69 bits per heavy atom. The molecule has 1 aliphatic heterocycles. The van der Waals surface area contributed by atoms with E-state index in [9.17, 15) is 18.0 Å². The first kappa shape index (κ1) is 21.3. The molecule has 0 spiro atoms. The fraction of sp³-hybridized carbons (Fsp3) is 0.500. The van der Waals surface area contributed by atoms with Crippen molar-refractivity contribution in [2.45, 2.75) is 46.1 Å². The maximum absolute atomic E-state index is 12.6. The van der Waals surface area contributed by atoms with Gasteiger partial charge in [-0.25, -0.2) is 13.1 Å². The zero-order valence-electron chi connectivity index (χ0n) is 17.1. The van der Waals surface area contributed by atoms with Crippen LogP contribution in [0.2, 0.25) is 0 Å². The molecular formula is C20H28N4O4S. The van der Waals surface area contributed by atoms with E-state index in [1.165, 1.54) is 4.68 Å². The number of amides is 1. The average Bonchev–Trinajstić information content (AvgIpc) is 2.95. The third kappa shape index (κ3) is 4.62. The van der Waals surface area contributed by atoms with Crippen LogP contribution in [0.4, 0.5) is 0 Å². The summed E-state index contributed by atoms with van der Waals surface area (Å²) in [5.74, 6) is -0.501. The van der Waals surface area contributed by atoms with Crippen LogP contribution >= 0.6 is 0 Å². The number of carbonyl (C=O) groups excluding carboxylic acids is 1. The topological polar surface area (TPSA) is 104 Å². The van der Waals surface area contributed by atoms with E-state index in [4.69, 9.17) is 0 Å². The molecule has 0 aliphatic carbocycles. The molecule has 2 N–H and O–H groups in total. The summed E-state index contributed by atoms with van der Waals surface area (Å²) in [5, 5.41) is 5.66. The third-order valence-electron chi connectivity index (χ3n) is 5.48. The second kappa shape index (κ2) is 8.54. The quantitative estimate of drug-likeness (QED) is 0.742. The first-order valence-corrected chi connectivity index (χ1v) is 11.5. The van der Waals surface area contributed by atoms with E-state index in [2.05, 4.69) is 10.4 Å². The molecule has 1 aromatic heterocycles.